The lowest BCUT2D eigenvalue weighted by Gasteiger charge is -2.42. The molecule has 27 heavy (non-hydrogen) atoms. The first-order valence-electron chi connectivity index (χ1n) is 9.80. The van der Waals surface area contributed by atoms with Gasteiger partial charge < -0.3 is 11.1 Å². The largest absolute Gasteiger partial charge is 0.348 e. The van der Waals surface area contributed by atoms with E-state index in [1.807, 2.05) is 36.4 Å². The van der Waals surface area contributed by atoms with Crippen molar-refractivity contribution in [2.75, 3.05) is 19.6 Å². The van der Waals surface area contributed by atoms with E-state index >= 15 is 0 Å². The lowest BCUT2D eigenvalue weighted by atomic mass is 9.80. The fraction of sp³-hybridized carbons (Fsp3) is 0.435. The lowest BCUT2D eigenvalue weighted by Crippen LogP contribution is -2.54. The van der Waals surface area contributed by atoms with Gasteiger partial charge in [0, 0.05) is 19.1 Å². The second-order valence-corrected chi connectivity index (χ2v) is 8.31. The smallest absolute Gasteiger partial charge is 0.234 e. The third kappa shape index (κ3) is 5.41. The van der Waals surface area contributed by atoms with Crippen LogP contribution in [0.3, 0.4) is 0 Å². The van der Waals surface area contributed by atoms with Gasteiger partial charge in [0.25, 0.3) is 0 Å². The molecule has 0 aliphatic carbocycles. The molecule has 0 spiro atoms. The average Bonchev–Trinajstić information content (AvgIpc) is 2.65. The van der Waals surface area contributed by atoms with Crippen molar-refractivity contribution in [3.8, 4) is 0 Å². The summed E-state index contributed by atoms with van der Waals surface area (Å²) in [6, 6.07) is 20.7. The van der Waals surface area contributed by atoms with Crippen LogP contribution in [-0.4, -0.2) is 36.5 Å². The van der Waals surface area contributed by atoms with Gasteiger partial charge in [-0.25, -0.2) is 0 Å². The van der Waals surface area contributed by atoms with Crippen LogP contribution in [0.25, 0.3) is 0 Å². The van der Waals surface area contributed by atoms with Gasteiger partial charge >= 0.3 is 0 Å². The Morgan fingerprint density at radius 3 is 2.41 bits per heavy atom. The van der Waals surface area contributed by atoms with E-state index in [1.165, 1.54) is 5.56 Å². The van der Waals surface area contributed by atoms with Crippen LogP contribution in [0.2, 0.25) is 0 Å². The zero-order valence-corrected chi connectivity index (χ0v) is 16.4. The van der Waals surface area contributed by atoms with Crippen LogP contribution in [0.15, 0.2) is 60.7 Å². The summed E-state index contributed by atoms with van der Waals surface area (Å²) in [6.45, 7) is 6.53. The van der Waals surface area contributed by atoms with Crippen LogP contribution >= 0.6 is 0 Å². The highest BCUT2D eigenvalue weighted by Crippen LogP contribution is 2.27. The Balaban J connectivity index is 1.66. The second-order valence-electron chi connectivity index (χ2n) is 8.31. The molecule has 3 N–H and O–H groups in total. The predicted octanol–water partition coefficient (Wildman–Crippen LogP) is 3.15. The number of nitrogens with one attached hydrogen (secondary N) is 1. The Bertz CT molecular complexity index is 730. The zero-order chi connectivity index (χ0) is 19.3. The molecule has 1 aliphatic rings. The second kappa shape index (κ2) is 8.68. The van der Waals surface area contributed by atoms with Gasteiger partial charge in [-0.15, -0.1) is 0 Å². The monoisotopic (exact) mass is 365 g/mol. The van der Waals surface area contributed by atoms with Crippen molar-refractivity contribution < 1.29 is 4.79 Å². The molecular formula is C23H31N3O. The van der Waals surface area contributed by atoms with Gasteiger partial charge in [0.1, 0.15) is 0 Å². The summed E-state index contributed by atoms with van der Waals surface area (Å²) in [5.41, 5.74) is 8.62. The number of nitrogens with zero attached hydrogens (tertiary/aromatic N) is 1. The number of hydrogen-bond donors (Lipinski definition) is 2. The molecule has 3 rings (SSSR count). The number of benzene rings is 2. The van der Waals surface area contributed by atoms with E-state index in [9.17, 15) is 4.79 Å². The summed E-state index contributed by atoms with van der Waals surface area (Å²) in [5.74, 6) is 0.0751. The molecule has 1 aliphatic heterocycles. The van der Waals surface area contributed by atoms with Gasteiger partial charge in [-0.3, -0.25) is 9.69 Å². The van der Waals surface area contributed by atoms with Crippen LogP contribution in [0, 0.1) is 5.41 Å². The number of rotatable bonds is 6. The third-order valence-corrected chi connectivity index (χ3v) is 5.58. The summed E-state index contributed by atoms with van der Waals surface area (Å²) in [4.78, 5) is 15.0. The Kier molecular flexibility index (Phi) is 6.30. The summed E-state index contributed by atoms with van der Waals surface area (Å²) < 4.78 is 0. The van der Waals surface area contributed by atoms with Crippen molar-refractivity contribution >= 4 is 5.91 Å². The van der Waals surface area contributed by atoms with E-state index in [2.05, 4.69) is 48.3 Å². The van der Waals surface area contributed by atoms with E-state index < -0.39 is 0 Å². The summed E-state index contributed by atoms with van der Waals surface area (Å²) in [7, 11) is 0. The van der Waals surface area contributed by atoms with E-state index in [0.717, 1.165) is 31.5 Å². The van der Waals surface area contributed by atoms with E-state index in [1.54, 1.807) is 0 Å². The first-order valence-corrected chi connectivity index (χ1v) is 9.80. The predicted molar refractivity (Wildman–Crippen MR) is 110 cm³/mol. The Morgan fingerprint density at radius 2 is 1.78 bits per heavy atom. The Morgan fingerprint density at radius 1 is 1.15 bits per heavy atom. The number of likely N-dealkylation sites (tertiary alicyclic amines) is 1. The number of piperidine rings is 1. The highest BCUT2D eigenvalue weighted by Gasteiger charge is 2.34. The molecule has 144 valence electrons. The minimum absolute atomic E-state index is 0.0267. The summed E-state index contributed by atoms with van der Waals surface area (Å²) >= 11 is 0. The molecule has 0 radical (unpaired) electrons. The number of nitrogens with two attached hydrogens (primary N) is 1. The zero-order valence-electron chi connectivity index (χ0n) is 16.4. The highest BCUT2D eigenvalue weighted by atomic mass is 16.2. The lowest BCUT2D eigenvalue weighted by molar-refractivity contribution is -0.123. The van der Waals surface area contributed by atoms with Gasteiger partial charge in [0.15, 0.2) is 0 Å². The first kappa shape index (κ1) is 19.6. The molecule has 0 saturated carbocycles. The van der Waals surface area contributed by atoms with E-state index in [4.69, 9.17) is 5.73 Å². The molecular weight excluding hydrogens is 334 g/mol. The molecule has 1 heterocycles. The van der Waals surface area contributed by atoms with Crippen molar-refractivity contribution in [3.63, 3.8) is 0 Å². The maximum absolute atomic E-state index is 12.8. The molecule has 1 fully saturated rings. The maximum Gasteiger partial charge on any atom is 0.234 e. The highest BCUT2D eigenvalue weighted by molar-refractivity contribution is 5.78. The number of carbonyl (C=O) groups is 1. The molecule has 1 amide bonds. The van der Waals surface area contributed by atoms with Crippen molar-refractivity contribution in [2.24, 2.45) is 11.1 Å². The van der Waals surface area contributed by atoms with Crippen molar-refractivity contribution in [1.29, 1.82) is 0 Å². The van der Waals surface area contributed by atoms with Gasteiger partial charge in [-0.2, -0.15) is 0 Å². The van der Waals surface area contributed by atoms with Crippen molar-refractivity contribution in [3.05, 3.63) is 71.8 Å². The van der Waals surface area contributed by atoms with Gasteiger partial charge in [0.05, 0.1) is 12.6 Å². The van der Waals surface area contributed by atoms with Gasteiger partial charge in [0.2, 0.25) is 5.91 Å². The fourth-order valence-electron chi connectivity index (χ4n) is 3.85. The SMILES string of the molecule is CC1(C)CN(CC(=O)NC(Cc2ccccc2)c2ccccc2)CCC1N. The normalized spacial score (nSPS) is 20.8. The van der Waals surface area contributed by atoms with Gasteiger partial charge in [-0.05, 0) is 29.4 Å². The fourth-order valence-corrected chi connectivity index (χ4v) is 3.85. The molecule has 4 nitrogen and oxygen atoms in total. The molecule has 4 heteroatoms. The molecule has 2 aromatic carbocycles. The minimum Gasteiger partial charge on any atom is -0.348 e. The quantitative estimate of drug-likeness (QED) is 0.827. The number of amides is 1. The van der Waals surface area contributed by atoms with Crippen LogP contribution in [0.1, 0.15) is 37.4 Å². The van der Waals surface area contributed by atoms with Crippen LogP contribution in [-0.2, 0) is 11.2 Å². The van der Waals surface area contributed by atoms with E-state index in [-0.39, 0.29) is 23.4 Å². The first-order chi connectivity index (χ1) is 12.9. The molecule has 0 bridgehead atoms. The minimum atomic E-state index is -0.0267. The molecule has 2 aromatic rings. The molecule has 2 atom stereocenters. The number of carbonyl (C=O) groups excluding carboxylic acids is 1. The third-order valence-electron chi connectivity index (χ3n) is 5.58. The van der Waals surface area contributed by atoms with Crippen molar-refractivity contribution in [1.82, 2.24) is 10.2 Å². The van der Waals surface area contributed by atoms with Crippen LogP contribution in [0.5, 0.6) is 0 Å². The molecule has 2 unspecified atom stereocenters. The summed E-state index contributed by atoms with van der Waals surface area (Å²) in [5, 5.41) is 3.26. The topological polar surface area (TPSA) is 58.4 Å². The van der Waals surface area contributed by atoms with Crippen LogP contribution < -0.4 is 11.1 Å². The Labute approximate surface area is 162 Å². The van der Waals surface area contributed by atoms with Gasteiger partial charge in [-0.1, -0.05) is 74.5 Å². The summed E-state index contributed by atoms with van der Waals surface area (Å²) in [6.07, 6.45) is 1.72. The van der Waals surface area contributed by atoms with E-state index in [0.29, 0.717) is 6.54 Å². The number of hydrogen-bond acceptors (Lipinski definition) is 3. The van der Waals surface area contributed by atoms with Crippen molar-refractivity contribution in [2.45, 2.75) is 38.8 Å². The average molecular weight is 366 g/mol. The maximum atomic E-state index is 12.8. The molecule has 0 aromatic heterocycles. The Hall–Kier alpha value is -2.17. The molecule has 1 saturated heterocycles. The van der Waals surface area contributed by atoms with Crippen LogP contribution in [0.4, 0.5) is 0 Å². The standard InChI is InChI=1S/C23H31N3O/c1-23(2)17-26(14-13-21(23)24)16-22(27)25-20(19-11-7-4-8-12-19)15-18-9-5-3-6-10-18/h3-12,20-21H,13-17,24H2,1-2H3,(H,25,27).